The van der Waals surface area contributed by atoms with Crippen molar-refractivity contribution in [3.63, 3.8) is 0 Å². The van der Waals surface area contributed by atoms with Crippen LogP contribution in [-0.4, -0.2) is 64.4 Å². The number of carbonyl (C=O) groups is 2. The van der Waals surface area contributed by atoms with Crippen LogP contribution in [0.4, 0.5) is 0 Å². The number of hydrogen-bond donors (Lipinski definition) is 2. The summed E-state index contributed by atoms with van der Waals surface area (Å²) in [5, 5.41) is 16.2. The lowest BCUT2D eigenvalue weighted by atomic mass is 10.0. The lowest BCUT2D eigenvalue weighted by Crippen LogP contribution is -2.44. The van der Waals surface area contributed by atoms with Gasteiger partial charge in [-0.2, -0.15) is 14.6 Å². The van der Waals surface area contributed by atoms with Crippen molar-refractivity contribution in [2.45, 2.75) is 55.6 Å². The van der Waals surface area contributed by atoms with Crippen molar-refractivity contribution < 1.29 is 22.5 Å². The highest BCUT2D eigenvalue weighted by molar-refractivity contribution is 8.02. The SMILES string of the molecule is CCC(C)(COS(=O)O)SC1(CN2CCc3c(C(=O)NCc4ccc(C#N)cc4)nn(C)c3C2=O)CC1. The van der Waals surface area contributed by atoms with Gasteiger partial charge in [0.15, 0.2) is 5.69 Å². The molecule has 0 saturated heterocycles. The van der Waals surface area contributed by atoms with Crippen molar-refractivity contribution >= 4 is 34.9 Å². The number of benzene rings is 1. The Hall–Kier alpha value is -2.72. The second kappa shape index (κ2) is 10.9. The first-order valence-corrected chi connectivity index (χ1v) is 14.0. The summed E-state index contributed by atoms with van der Waals surface area (Å²) in [5.74, 6) is -0.475. The van der Waals surface area contributed by atoms with Crippen LogP contribution in [0.3, 0.4) is 0 Å². The molecule has 1 aromatic heterocycles. The second-order valence-corrected chi connectivity index (χ2v) is 12.6. The van der Waals surface area contributed by atoms with Crippen LogP contribution in [0.1, 0.15) is 70.8 Å². The summed E-state index contributed by atoms with van der Waals surface area (Å²) in [7, 11) is 1.68. The predicted octanol–water partition coefficient (Wildman–Crippen LogP) is 2.81. The van der Waals surface area contributed by atoms with Gasteiger partial charge >= 0.3 is 11.4 Å². The van der Waals surface area contributed by atoms with E-state index in [4.69, 9.17) is 14.0 Å². The molecule has 1 saturated carbocycles. The van der Waals surface area contributed by atoms with Crippen LogP contribution in [0.2, 0.25) is 0 Å². The summed E-state index contributed by atoms with van der Waals surface area (Å²) in [6, 6.07) is 9.05. The van der Waals surface area contributed by atoms with Crippen LogP contribution in [0.5, 0.6) is 0 Å². The van der Waals surface area contributed by atoms with Crippen LogP contribution in [0, 0.1) is 11.3 Å². The number of thioether (sulfide) groups is 1. The molecule has 10 nitrogen and oxygen atoms in total. The Bertz CT molecular complexity index is 1250. The number of hydrogen-bond acceptors (Lipinski definition) is 7. The Kier molecular flexibility index (Phi) is 8.08. The Morgan fingerprint density at radius 3 is 2.68 bits per heavy atom. The van der Waals surface area contributed by atoms with Gasteiger partial charge in [-0.25, -0.2) is 0 Å². The zero-order valence-electron chi connectivity index (χ0n) is 21.2. The van der Waals surface area contributed by atoms with Gasteiger partial charge in [-0.05, 0) is 50.3 Å². The average molecular weight is 546 g/mol. The van der Waals surface area contributed by atoms with Gasteiger partial charge in [0.25, 0.3) is 11.8 Å². The number of nitrogens with one attached hydrogen (secondary N) is 1. The van der Waals surface area contributed by atoms with Gasteiger partial charge < -0.3 is 10.2 Å². The molecule has 1 fully saturated rings. The first-order valence-electron chi connectivity index (χ1n) is 12.2. The highest BCUT2D eigenvalue weighted by Gasteiger charge is 2.50. The quantitative estimate of drug-likeness (QED) is 0.411. The van der Waals surface area contributed by atoms with Crippen LogP contribution >= 0.6 is 11.8 Å². The Balaban J connectivity index is 1.42. The molecule has 2 unspecified atom stereocenters. The van der Waals surface area contributed by atoms with Gasteiger partial charge in [-0.15, -0.1) is 11.8 Å². The fourth-order valence-corrected chi connectivity index (χ4v) is 6.82. The molecule has 2 heterocycles. The van der Waals surface area contributed by atoms with E-state index in [0.29, 0.717) is 42.9 Å². The minimum atomic E-state index is -2.31. The summed E-state index contributed by atoms with van der Waals surface area (Å²) >= 11 is -0.577. The summed E-state index contributed by atoms with van der Waals surface area (Å²) in [6.45, 7) is 5.55. The monoisotopic (exact) mass is 545 g/mol. The summed E-state index contributed by atoms with van der Waals surface area (Å²) in [6.07, 6.45) is 3.21. The molecule has 198 valence electrons. The number of carbonyl (C=O) groups excluding carboxylic acids is 2. The summed E-state index contributed by atoms with van der Waals surface area (Å²) < 4.78 is 26.1. The maximum absolute atomic E-state index is 13.5. The Labute approximate surface area is 223 Å². The molecule has 1 aromatic carbocycles. The van der Waals surface area contributed by atoms with E-state index in [1.807, 2.05) is 18.7 Å². The standard InChI is InChI=1S/C25H31N5O5S2/c1-4-24(2,16-35-37(33)34)36-25(10-11-25)15-30-12-9-19-20(28-29(3)21(19)23(30)32)22(31)27-14-18-7-5-17(13-26)6-8-18/h5-8H,4,9-12,14-16H2,1-3H3,(H,27,31)(H,33,34). The molecule has 2 aromatic rings. The minimum Gasteiger partial charge on any atom is -0.347 e. The van der Waals surface area contributed by atoms with Gasteiger partial charge in [-0.1, -0.05) is 19.1 Å². The number of aryl methyl sites for hydroxylation is 1. The molecule has 12 heteroatoms. The van der Waals surface area contributed by atoms with E-state index >= 15 is 0 Å². The normalized spacial score (nSPS) is 18.5. The lowest BCUT2D eigenvalue weighted by Gasteiger charge is -2.35. The molecule has 2 N–H and O–H groups in total. The Morgan fingerprint density at radius 1 is 1.38 bits per heavy atom. The maximum Gasteiger partial charge on any atom is 0.301 e. The zero-order chi connectivity index (χ0) is 26.8. The van der Waals surface area contributed by atoms with Gasteiger partial charge in [-0.3, -0.25) is 23.0 Å². The molecule has 37 heavy (non-hydrogen) atoms. The van der Waals surface area contributed by atoms with E-state index in [2.05, 4.69) is 16.5 Å². The molecule has 1 aliphatic heterocycles. The fourth-order valence-electron chi connectivity index (χ4n) is 4.55. The lowest BCUT2D eigenvalue weighted by molar-refractivity contribution is 0.0725. The molecular weight excluding hydrogens is 514 g/mol. The van der Waals surface area contributed by atoms with Crippen molar-refractivity contribution in [3.05, 3.63) is 52.3 Å². The summed E-state index contributed by atoms with van der Waals surface area (Å²) in [5.41, 5.74) is 2.78. The average Bonchev–Trinajstić information content (AvgIpc) is 3.54. The van der Waals surface area contributed by atoms with Crippen LogP contribution in [0.25, 0.3) is 0 Å². The van der Waals surface area contributed by atoms with E-state index in [9.17, 15) is 13.8 Å². The van der Waals surface area contributed by atoms with E-state index < -0.39 is 11.4 Å². The van der Waals surface area contributed by atoms with Gasteiger partial charge in [0.1, 0.15) is 5.69 Å². The number of fused-ring (bicyclic) bond motifs is 1. The minimum absolute atomic E-state index is 0.113. The van der Waals surface area contributed by atoms with Crippen LogP contribution in [0.15, 0.2) is 24.3 Å². The van der Waals surface area contributed by atoms with E-state index in [1.165, 1.54) is 4.68 Å². The Morgan fingerprint density at radius 2 is 2.08 bits per heavy atom. The molecule has 0 bridgehead atoms. The van der Waals surface area contributed by atoms with Crippen molar-refractivity contribution in [3.8, 4) is 6.07 Å². The van der Waals surface area contributed by atoms with Crippen molar-refractivity contribution in [2.24, 2.45) is 7.05 Å². The largest absolute Gasteiger partial charge is 0.347 e. The molecule has 2 aliphatic rings. The highest BCUT2D eigenvalue weighted by atomic mass is 32.2. The van der Waals surface area contributed by atoms with Crippen molar-refractivity contribution in [1.29, 1.82) is 5.26 Å². The maximum atomic E-state index is 13.5. The first kappa shape index (κ1) is 27.3. The third-order valence-electron chi connectivity index (χ3n) is 6.98. The third-order valence-corrected chi connectivity index (χ3v) is 9.17. The smallest absolute Gasteiger partial charge is 0.301 e. The molecular formula is C25H31N5O5S2. The molecule has 2 atom stereocenters. The van der Waals surface area contributed by atoms with E-state index in [1.54, 1.807) is 43.1 Å². The summed E-state index contributed by atoms with van der Waals surface area (Å²) in [4.78, 5) is 28.2. The first-order chi connectivity index (χ1) is 17.6. The molecule has 4 rings (SSSR count). The zero-order valence-corrected chi connectivity index (χ0v) is 22.8. The number of nitrogens with zero attached hydrogens (tertiary/aromatic N) is 4. The van der Waals surface area contributed by atoms with E-state index in [-0.39, 0.29) is 33.6 Å². The molecule has 0 radical (unpaired) electrons. The predicted molar refractivity (Wildman–Crippen MR) is 140 cm³/mol. The van der Waals surface area contributed by atoms with Crippen molar-refractivity contribution in [1.82, 2.24) is 20.0 Å². The molecule has 2 amide bonds. The number of amides is 2. The van der Waals surface area contributed by atoms with Crippen molar-refractivity contribution in [2.75, 3.05) is 19.7 Å². The molecule has 0 spiro atoms. The van der Waals surface area contributed by atoms with E-state index in [0.717, 1.165) is 24.8 Å². The second-order valence-electron chi connectivity index (χ2n) is 9.84. The molecule has 1 aliphatic carbocycles. The third kappa shape index (κ3) is 6.23. The number of nitriles is 1. The van der Waals surface area contributed by atoms with Crippen LogP contribution < -0.4 is 5.32 Å². The topological polar surface area (TPSA) is 138 Å². The fraction of sp³-hybridized carbons (Fsp3) is 0.520. The van der Waals surface area contributed by atoms with Gasteiger partial charge in [0.2, 0.25) is 0 Å². The number of aromatic nitrogens is 2. The number of rotatable bonds is 11. The van der Waals surface area contributed by atoms with Gasteiger partial charge in [0, 0.05) is 41.7 Å². The highest BCUT2D eigenvalue weighted by Crippen LogP contribution is 2.55. The van der Waals surface area contributed by atoms with Crippen LogP contribution in [-0.2, 0) is 35.6 Å². The van der Waals surface area contributed by atoms with Gasteiger partial charge in [0.05, 0.1) is 18.2 Å².